The molecule has 2 atom stereocenters. The molecular formula is C15H30O4Si. The number of carbonyl (C=O) groups is 1. The molecule has 0 saturated carbocycles. The zero-order valence-corrected chi connectivity index (χ0v) is 14.7. The minimum absolute atomic E-state index is 0.119. The molecule has 0 aromatic heterocycles. The number of esters is 1. The summed E-state index contributed by atoms with van der Waals surface area (Å²) in [7, 11) is -1.86. The van der Waals surface area contributed by atoms with Crippen molar-refractivity contribution in [1.29, 1.82) is 0 Å². The molecule has 0 heterocycles. The van der Waals surface area contributed by atoms with E-state index in [0.717, 1.165) is 0 Å². The van der Waals surface area contributed by atoms with Crippen molar-refractivity contribution in [2.75, 3.05) is 13.2 Å². The van der Waals surface area contributed by atoms with Crippen molar-refractivity contribution in [1.82, 2.24) is 0 Å². The Morgan fingerprint density at radius 1 is 1.40 bits per heavy atom. The highest BCUT2D eigenvalue weighted by Crippen LogP contribution is 2.36. The van der Waals surface area contributed by atoms with Gasteiger partial charge in [-0.1, -0.05) is 26.8 Å². The summed E-state index contributed by atoms with van der Waals surface area (Å²) in [6, 6.07) is 0. The molecule has 1 N–H and O–H groups in total. The molecule has 0 bridgehead atoms. The minimum atomic E-state index is -1.86. The summed E-state index contributed by atoms with van der Waals surface area (Å²) in [5, 5.41) is 10.3. The van der Waals surface area contributed by atoms with Crippen molar-refractivity contribution in [3.8, 4) is 0 Å². The lowest BCUT2D eigenvalue weighted by Gasteiger charge is -2.37. The molecule has 118 valence electrons. The maximum Gasteiger partial charge on any atom is 0.302 e. The molecular weight excluding hydrogens is 272 g/mol. The van der Waals surface area contributed by atoms with Crippen LogP contribution in [0.3, 0.4) is 0 Å². The Hall–Kier alpha value is -0.653. The van der Waals surface area contributed by atoms with Crippen LogP contribution in [0, 0.1) is 5.92 Å². The van der Waals surface area contributed by atoms with Crippen molar-refractivity contribution >= 4 is 14.3 Å². The Morgan fingerprint density at radius 2 is 1.95 bits per heavy atom. The zero-order chi connectivity index (χ0) is 16.0. The first-order valence-corrected chi connectivity index (χ1v) is 10.00. The summed E-state index contributed by atoms with van der Waals surface area (Å²) in [5.74, 6) is -0.432. The molecule has 0 aliphatic rings. The summed E-state index contributed by atoms with van der Waals surface area (Å²) in [6.07, 6.45) is 1.64. The maximum absolute atomic E-state index is 10.7. The Morgan fingerprint density at radius 3 is 2.35 bits per heavy atom. The van der Waals surface area contributed by atoms with Gasteiger partial charge in [0.2, 0.25) is 0 Å². The van der Waals surface area contributed by atoms with E-state index in [1.165, 1.54) is 6.92 Å². The van der Waals surface area contributed by atoms with Crippen molar-refractivity contribution in [3.63, 3.8) is 0 Å². The second-order valence-electron chi connectivity index (χ2n) is 6.67. The van der Waals surface area contributed by atoms with Gasteiger partial charge in [-0.15, -0.1) is 6.58 Å². The van der Waals surface area contributed by atoms with Gasteiger partial charge in [0.25, 0.3) is 0 Å². The summed E-state index contributed by atoms with van der Waals surface area (Å²) >= 11 is 0. The average Bonchev–Trinajstić information content (AvgIpc) is 2.30. The molecule has 0 aliphatic carbocycles. The predicted molar refractivity (Wildman–Crippen MR) is 84.1 cm³/mol. The van der Waals surface area contributed by atoms with Crippen LogP contribution < -0.4 is 0 Å². The smallest absolute Gasteiger partial charge is 0.302 e. The van der Waals surface area contributed by atoms with Gasteiger partial charge in [0.05, 0.1) is 19.3 Å². The first-order chi connectivity index (χ1) is 9.01. The van der Waals surface area contributed by atoms with Gasteiger partial charge in [-0.3, -0.25) is 4.79 Å². The van der Waals surface area contributed by atoms with E-state index >= 15 is 0 Å². The highest BCUT2D eigenvalue weighted by atomic mass is 28.4. The second kappa shape index (κ2) is 7.95. The Balaban J connectivity index is 4.32. The van der Waals surface area contributed by atoms with Gasteiger partial charge < -0.3 is 14.3 Å². The number of aliphatic hydroxyl groups excluding tert-OH is 1. The topological polar surface area (TPSA) is 55.8 Å². The van der Waals surface area contributed by atoms with Crippen LogP contribution in [0.2, 0.25) is 18.1 Å². The zero-order valence-electron chi connectivity index (χ0n) is 13.7. The van der Waals surface area contributed by atoms with Crippen LogP contribution >= 0.6 is 0 Å². The Bertz CT molecular complexity index is 320. The first-order valence-electron chi connectivity index (χ1n) is 7.09. The molecule has 0 aromatic rings. The van der Waals surface area contributed by atoms with Gasteiger partial charge >= 0.3 is 5.97 Å². The molecule has 0 saturated heterocycles. The van der Waals surface area contributed by atoms with Crippen molar-refractivity contribution in [3.05, 3.63) is 12.7 Å². The number of rotatable bonds is 8. The number of aliphatic hydroxyl groups is 1. The third-order valence-electron chi connectivity index (χ3n) is 3.97. The van der Waals surface area contributed by atoms with Gasteiger partial charge in [0, 0.05) is 12.8 Å². The third kappa shape index (κ3) is 6.68. The number of hydrogen-bond donors (Lipinski definition) is 1. The van der Waals surface area contributed by atoms with Crippen molar-refractivity contribution in [2.45, 2.75) is 58.4 Å². The van der Waals surface area contributed by atoms with Gasteiger partial charge in [-0.2, -0.15) is 0 Å². The van der Waals surface area contributed by atoms with Gasteiger partial charge in [-0.05, 0) is 24.6 Å². The molecule has 5 heteroatoms. The summed E-state index contributed by atoms with van der Waals surface area (Å²) in [6.45, 7) is 16.5. The predicted octanol–water partition coefficient (Wildman–Crippen LogP) is 3.12. The Labute approximate surface area is 124 Å². The van der Waals surface area contributed by atoms with Crippen LogP contribution in [0.1, 0.15) is 34.1 Å². The van der Waals surface area contributed by atoms with Crippen LogP contribution in [-0.4, -0.2) is 38.7 Å². The number of carbonyl (C=O) groups excluding carboxylic acids is 1. The minimum Gasteiger partial charge on any atom is -0.466 e. The second-order valence-corrected chi connectivity index (χ2v) is 11.5. The molecule has 0 aromatic carbocycles. The van der Waals surface area contributed by atoms with E-state index in [-0.39, 0.29) is 16.9 Å². The molecule has 0 unspecified atom stereocenters. The molecule has 0 spiro atoms. The Kier molecular flexibility index (Phi) is 7.69. The highest BCUT2D eigenvalue weighted by Gasteiger charge is 2.37. The number of hydrogen-bond acceptors (Lipinski definition) is 4. The van der Waals surface area contributed by atoms with E-state index in [0.29, 0.717) is 19.6 Å². The van der Waals surface area contributed by atoms with E-state index < -0.39 is 14.4 Å². The van der Waals surface area contributed by atoms with E-state index in [4.69, 9.17) is 9.16 Å². The molecule has 0 fully saturated rings. The van der Waals surface area contributed by atoms with Gasteiger partial charge in [0.15, 0.2) is 8.32 Å². The fourth-order valence-corrected chi connectivity index (χ4v) is 2.46. The fraction of sp³-hybridized carbons (Fsp3) is 0.800. The largest absolute Gasteiger partial charge is 0.466 e. The monoisotopic (exact) mass is 302 g/mol. The lowest BCUT2D eigenvalue weighted by Crippen LogP contribution is -2.43. The third-order valence-corrected chi connectivity index (χ3v) is 8.48. The molecule has 20 heavy (non-hydrogen) atoms. The summed E-state index contributed by atoms with van der Waals surface area (Å²) < 4.78 is 10.9. The van der Waals surface area contributed by atoms with Gasteiger partial charge in [0.1, 0.15) is 0 Å². The summed E-state index contributed by atoms with van der Waals surface area (Å²) in [4.78, 5) is 10.7. The SMILES string of the molecule is C=C[C@H](CCOC(C)=O)[C@H](O)CO[Si](C)(C)C(C)(C)C. The van der Waals surface area contributed by atoms with Crippen LogP contribution in [0.25, 0.3) is 0 Å². The molecule has 0 rings (SSSR count). The average molecular weight is 302 g/mol. The van der Waals surface area contributed by atoms with Crippen LogP contribution in [0.4, 0.5) is 0 Å². The standard InChI is InChI=1S/C15H30O4Si/c1-8-13(9-10-18-12(2)16)14(17)11-19-20(6,7)15(3,4)5/h8,13-14,17H,1,9-11H2,2-7H3/t13-,14-/m1/s1. The van der Waals surface area contributed by atoms with Crippen LogP contribution in [-0.2, 0) is 14.0 Å². The first kappa shape index (κ1) is 19.3. The fourth-order valence-electron chi connectivity index (χ4n) is 1.44. The highest BCUT2D eigenvalue weighted by molar-refractivity contribution is 6.74. The number of ether oxygens (including phenoxy) is 1. The van der Waals surface area contributed by atoms with E-state index in [2.05, 4.69) is 40.4 Å². The maximum atomic E-state index is 10.7. The quantitative estimate of drug-likeness (QED) is 0.425. The van der Waals surface area contributed by atoms with Crippen molar-refractivity contribution < 1.29 is 19.1 Å². The molecule has 0 aliphatic heterocycles. The lowest BCUT2D eigenvalue weighted by molar-refractivity contribution is -0.141. The summed E-state index contributed by atoms with van der Waals surface area (Å²) in [5.41, 5.74) is 0. The molecule has 0 amide bonds. The normalized spacial score (nSPS) is 15.6. The van der Waals surface area contributed by atoms with Crippen molar-refractivity contribution in [2.24, 2.45) is 5.92 Å². The van der Waals surface area contributed by atoms with Crippen LogP contribution in [0.5, 0.6) is 0 Å². The van der Waals surface area contributed by atoms with E-state index in [9.17, 15) is 9.90 Å². The molecule has 0 radical (unpaired) electrons. The van der Waals surface area contributed by atoms with Crippen LogP contribution in [0.15, 0.2) is 12.7 Å². The van der Waals surface area contributed by atoms with E-state index in [1.54, 1.807) is 6.08 Å². The van der Waals surface area contributed by atoms with Gasteiger partial charge in [-0.25, -0.2) is 0 Å². The molecule has 4 nitrogen and oxygen atoms in total. The lowest BCUT2D eigenvalue weighted by atomic mass is 10.00. The van der Waals surface area contributed by atoms with E-state index in [1.807, 2.05) is 0 Å².